The number of nitrogens with zero attached hydrogens (tertiary/aromatic N) is 4. The average Bonchev–Trinajstić information content (AvgIpc) is 2.72. The highest BCUT2D eigenvalue weighted by molar-refractivity contribution is 5.93. The van der Waals surface area contributed by atoms with Crippen molar-refractivity contribution in [2.45, 2.75) is 58.5 Å². The summed E-state index contributed by atoms with van der Waals surface area (Å²) in [6, 6.07) is 10.8. The molecule has 2 aromatic rings. The number of carbonyl (C=O) groups excluding carboxylic acids is 1. The zero-order valence-corrected chi connectivity index (χ0v) is 16.3. The molecule has 5 nitrogen and oxygen atoms in total. The molecule has 1 aromatic heterocycles. The molecule has 1 aromatic carbocycles. The summed E-state index contributed by atoms with van der Waals surface area (Å²) in [4.78, 5) is 26.6. The second-order valence-corrected chi connectivity index (χ2v) is 7.66. The normalized spacial score (nSPS) is 19.7. The minimum atomic E-state index is 0.0151. The van der Waals surface area contributed by atoms with Gasteiger partial charge in [0, 0.05) is 31.7 Å². The SMILES string of the molecule is CCC1CCCCN1c1cc(C(=O)N2CCc3ccccc3C2)nc(C)n1. The lowest BCUT2D eigenvalue weighted by molar-refractivity contribution is 0.0728. The standard InChI is InChI=1S/C22H28N4O/c1-3-19-10-6-7-12-26(19)21-14-20(23-16(2)24-21)22(27)25-13-11-17-8-4-5-9-18(17)15-25/h4-5,8-9,14,19H,3,6-7,10-13,15H2,1-2H3. The van der Waals surface area contributed by atoms with Crippen molar-refractivity contribution in [3.63, 3.8) is 0 Å². The summed E-state index contributed by atoms with van der Waals surface area (Å²) in [5.41, 5.74) is 3.11. The fourth-order valence-corrected chi connectivity index (χ4v) is 4.37. The van der Waals surface area contributed by atoms with Gasteiger partial charge >= 0.3 is 0 Å². The summed E-state index contributed by atoms with van der Waals surface area (Å²) in [5, 5.41) is 0. The third-order valence-corrected chi connectivity index (χ3v) is 5.85. The number of aromatic nitrogens is 2. The first-order valence-electron chi connectivity index (χ1n) is 10.1. The Hall–Kier alpha value is -2.43. The minimum Gasteiger partial charge on any atom is -0.354 e. The molecule has 27 heavy (non-hydrogen) atoms. The van der Waals surface area contributed by atoms with E-state index < -0.39 is 0 Å². The van der Waals surface area contributed by atoms with Crippen molar-refractivity contribution < 1.29 is 4.79 Å². The van der Waals surface area contributed by atoms with Gasteiger partial charge in [-0.05, 0) is 50.2 Å². The number of piperidine rings is 1. The van der Waals surface area contributed by atoms with Crippen LogP contribution in [-0.4, -0.2) is 39.9 Å². The Morgan fingerprint density at radius 3 is 2.78 bits per heavy atom. The van der Waals surface area contributed by atoms with Crippen LogP contribution < -0.4 is 4.90 Å². The average molecular weight is 364 g/mol. The summed E-state index contributed by atoms with van der Waals surface area (Å²) < 4.78 is 0. The topological polar surface area (TPSA) is 49.3 Å². The first kappa shape index (κ1) is 18.0. The van der Waals surface area contributed by atoms with Gasteiger partial charge in [-0.25, -0.2) is 9.97 Å². The highest BCUT2D eigenvalue weighted by Crippen LogP contribution is 2.26. The minimum absolute atomic E-state index is 0.0151. The first-order chi connectivity index (χ1) is 13.2. The van der Waals surface area contributed by atoms with E-state index in [1.54, 1.807) is 0 Å². The Morgan fingerprint density at radius 1 is 1.15 bits per heavy atom. The quantitative estimate of drug-likeness (QED) is 0.832. The summed E-state index contributed by atoms with van der Waals surface area (Å²) in [7, 11) is 0. The van der Waals surface area contributed by atoms with E-state index in [2.05, 4.69) is 40.0 Å². The zero-order valence-electron chi connectivity index (χ0n) is 16.3. The van der Waals surface area contributed by atoms with Crippen LogP contribution in [0.25, 0.3) is 0 Å². The predicted octanol–water partition coefficient (Wildman–Crippen LogP) is 3.75. The summed E-state index contributed by atoms with van der Waals surface area (Å²) in [6.07, 6.45) is 5.67. The highest BCUT2D eigenvalue weighted by atomic mass is 16.2. The van der Waals surface area contributed by atoms with Crippen molar-refractivity contribution in [2.75, 3.05) is 18.0 Å². The van der Waals surface area contributed by atoms with Crippen molar-refractivity contribution in [3.05, 3.63) is 53.0 Å². The van der Waals surface area contributed by atoms with E-state index in [-0.39, 0.29) is 5.91 Å². The maximum Gasteiger partial charge on any atom is 0.272 e. The van der Waals surface area contributed by atoms with Gasteiger partial charge in [-0.3, -0.25) is 4.79 Å². The van der Waals surface area contributed by atoms with E-state index >= 15 is 0 Å². The third kappa shape index (κ3) is 3.68. The molecule has 4 rings (SSSR count). The molecule has 142 valence electrons. The lowest BCUT2D eigenvalue weighted by atomic mass is 9.99. The predicted molar refractivity (Wildman–Crippen MR) is 107 cm³/mol. The molecule has 0 aliphatic carbocycles. The van der Waals surface area contributed by atoms with E-state index in [0.717, 1.165) is 31.7 Å². The van der Waals surface area contributed by atoms with Crippen LogP contribution in [0.1, 0.15) is 60.0 Å². The van der Waals surface area contributed by atoms with Crippen molar-refractivity contribution in [1.82, 2.24) is 14.9 Å². The van der Waals surface area contributed by atoms with Gasteiger partial charge in [0.05, 0.1) is 0 Å². The zero-order chi connectivity index (χ0) is 18.8. The maximum atomic E-state index is 13.2. The Kier molecular flexibility index (Phi) is 5.10. The molecule has 0 bridgehead atoms. The molecule has 1 unspecified atom stereocenters. The van der Waals surface area contributed by atoms with Gasteiger partial charge in [-0.1, -0.05) is 31.2 Å². The molecule has 1 atom stereocenters. The van der Waals surface area contributed by atoms with Gasteiger partial charge in [0.25, 0.3) is 5.91 Å². The lowest BCUT2D eigenvalue weighted by Crippen LogP contribution is -2.40. The van der Waals surface area contributed by atoms with Crippen LogP contribution in [0, 0.1) is 6.92 Å². The Balaban J connectivity index is 1.59. The fraction of sp³-hybridized carbons (Fsp3) is 0.500. The molecular weight excluding hydrogens is 336 g/mol. The molecule has 1 amide bonds. The van der Waals surface area contributed by atoms with E-state index in [9.17, 15) is 4.79 Å². The molecule has 1 saturated heterocycles. The molecule has 0 spiro atoms. The van der Waals surface area contributed by atoms with E-state index in [0.29, 0.717) is 24.1 Å². The molecule has 1 fully saturated rings. The van der Waals surface area contributed by atoms with Gasteiger partial charge in [0.1, 0.15) is 17.3 Å². The van der Waals surface area contributed by atoms with Gasteiger partial charge in [0.15, 0.2) is 0 Å². The molecule has 2 aliphatic rings. The first-order valence-corrected chi connectivity index (χ1v) is 10.1. The van der Waals surface area contributed by atoms with Crippen LogP contribution in [0.15, 0.2) is 30.3 Å². The third-order valence-electron chi connectivity index (χ3n) is 5.85. The molecule has 0 N–H and O–H groups in total. The van der Waals surface area contributed by atoms with Crippen LogP contribution in [0.4, 0.5) is 5.82 Å². The molecule has 5 heteroatoms. The van der Waals surface area contributed by atoms with Crippen molar-refractivity contribution >= 4 is 11.7 Å². The Labute approximate surface area is 161 Å². The van der Waals surface area contributed by atoms with Crippen LogP contribution >= 0.6 is 0 Å². The van der Waals surface area contributed by atoms with Crippen molar-refractivity contribution in [2.24, 2.45) is 0 Å². The van der Waals surface area contributed by atoms with Crippen LogP contribution in [0.3, 0.4) is 0 Å². The lowest BCUT2D eigenvalue weighted by Gasteiger charge is -2.36. The van der Waals surface area contributed by atoms with Crippen LogP contribution in [-0.2, 0) is 13.0 Å². The number of carbonyl (C=O) groups is 1. The van der Waals surface area contributed by atoms with E-state index in [1.807, 2.05) is 24.0 Å². The van der Waals surface area contributed by atoms with Crippen molar-refractivity contribution in [3.8, 4) is 0 Å². The van der Waals surface area contributed by atoms with Gasteiger partial charge in [-0.15, -0.1) is 0 Å². The maximum absolute atomic E-state index is 13.2. The van der Waals surface area contributed by atoms with E-state index in [1.165, 1.54) is 30.4 Å². The Bertz CT molecular complexity index is 835. The highest BCUT2D eigenvalue weighted by Gasteiger charge is 2.26. The fourth-order valence-electron chi connectivity index (χ4n) is 4.37. The van der Waals surface area contributed by atoms with E-state index in [4.69, 9.17) is 0 Å². The number of anilines is 1. The number of aryl methyl sites for hydroxylation is 1. The van der Waals surface area contributed by atoms with Gasteiger partial charge < -0.3 is 9.80 Å². The Morgan fingerprint density at radius 2 is 1.96 bits per heavy atom. The number of amides is 1. The summed E-state index contributed by atoms with van der Waals surface area (Å²) in [6.45, 7) is 6.54. The largest absolute Gasteiger partial charge is 0.354 e. The summed E-state index contributed by atoms with van der Waals surface area (Å²) in [5.74, 6) is 1.60. The molecule has 0 radical (unpaired) electrons. The molecule has 3 heterocycles. The van der Waals surface area contributed by atoms with Gasteiger partial charge in [-0.2, -0.15) is 0 Å². The number of rotatable bonds is 3. The number of hydrogen-bond donors (Lipinski definition) is 0. The van der Waals surface area contributed by atoms with Gasteiger partial charge in [0.2, 0.25) is 0 Å². The number of fused-ring (bicyclic) bond motifs is 1. The smallest absolute Gasteiger partial charge is 0.272 e. The molecule has 0 saturated carbocycles. The van der Waals surface area contributed by atoms with Crippen LogP contribution in [0.2, 0.25) is 0 Å². The molecule has 2 aliphatic heterocycles. The van der Waals surface area contributed by atoms with Crippen LogP contribution in [0.5, 0.6) is 0 Å². The monoisotopic (exact) mass is 364 g/mol. The molecular formula is C22H28N4O. The van der Waals surface area contributed by atoms with Crippen molar-refractivity contribution in [1.29, 1.82) is 0 Å². The summed E-state index contributed by atoms with van der Waals surface area (Å²) >= 11 is 0. The number of hydrogen-bond acceptors (Lipinski definition) is 4. The second kappa shape index (κ2) is 7.67. The number of benzene rings is 1. The second-order valence-electron chi connectivity index (χ2n) is 7.66.